The van der Waals surface area contributed by atoms with Gasteiger partial charge in [-0.05, 0) is 26.7 Å². The van der Waals surface area contributed by atoms with E-state index in [1.807, 2.05) is 27.7 Å². The van der Waals surface area contributed by atoms with Gasteiger partial charge in [0.1, 0.15) is 0 Å². The second-order valence-corrected chi connectivity index (χ2v) is 4.99. The summed E-state index contributed by atoms with van der Waals surface area (Å²) in [5.74, 6) is 0.124. The van der Waals surface area contributed by atoms with E-state index in [2.05, 4.69) is 15.6 Å². The molecule has 0 aliphatic heterocycles. The van der Waals surface area contributed by atoms with Gasteiger partial charge >= 0.3 is 0 Å². The van der Waals surface area contributed by atoms with Crippen LogP contribution < -0.4 is 22.1 Å². The lowest BCUT2D eigenvalue weighted by atomic mass is 10.1. The molecule has 0 aromatic heterocycles. The van der Waals surface area contributed by atoms with Crippen molar-refractivity contribution in [2.24, 2.45) is 16.5 Å². The van der Waals surface area contributed by atoms with Gasteiger partial charge in [-0.2, -0.15) is 0 Å². The summed E-state index contributed by atoms with van der Waals surface area (Å²) in [4.78, 5) is 15.9. The molecule has 0 aromatic rings. The van der Waals surface area contributed by atoms with Gasteiger partial charge in [0.25, 0.3) is 0 Å². The molecule has 0 spiro atoms. The van der Waals surface area contributed by atoms with Crippen molar-refractivity contribution in [1.29, 1.82) is 0 Å². The molecule has 0 aliphatic rings. The predicted molar refractivity (Wildman–Crippen MR) is 75.2 cm³/mol. The number of nitrogens with two attached hydrogens (primary N) is 2. The lowest BCUT2D eigenvalue weighted by Crippen LogP contribution is -2.48. The molecular weight excluding hydrogens is 230 g/mol. The minimum Gasteiger partial charge on any atom is -0.370 e. The predicted octanol–water partition coefficient (Wildman–Crippen LogP) is -0.0688. The van der Waals surface area contributed by atoms with E-state index in [1.165, 1.54) is 0 Å². The molecule has 0 aliphatic carbocycles. The molecule has 0 radical (unpaired) electrons. The normalized spacial score (nSPS) is 12.6. The van der Waals surface area contributed by atoms with Crippen LogP contribution in [0.5, 0.6) is 0 Å². The van der Waals surface area contributed by atoms with Gasteiger partial charge in [-0.1, -0.05) is 13.8 Å². The highest BCUT2D eigenvalue weighted by molar-refractivity contribution is 5.82. The highest BCUT2D eigenvalue weighted by atomic mass is 16.2. The summed E-state index contributed by atoms with van der Waals surface area (Å²) < 4.78 is 0. The highest BCUT2D eigenvalue weighted by Crippen LogP contribution is 2.01. The Hall–Kier alpha value is -1.30. The Morgan fingerprint density at radius 1 is 1.17 bits per heavy atom. The van der Waals surface area contributed by atoms with E-state index in [1.54, 1.807) is 0 Å². The van der Waals surface area contributed by atoms with Gasteiger partial charge in [0.15, 0.2) is 5.96 Å². The summed E-state index contributed by atoms with van der Waals surface area (Å²) in [5, 5.41) is 6.16. The maximum atomic E-state index is 12.0. The highest BCUT2D eigenvalue weighted by Gasteiger charge is 2.18. The summed E-state index contributed by atoms with van der Waals surface area (Å²) in [5.41, 5.74) is 10.5. The van der Waals surface area contributed by atoms with Crippen LogP contribution in [0.15, 0.2) is 4.99 Å². The largest absolute Gasteiger partial charge is 0.370 e. The van der Waals surface area contributed by atoms with Crippen molar-refractivity contribution < 1.29 is 4.79 Å². The maximum Gasteiger partial charge on any atom is 0.237 e. The van der Waals surface area contributed by atoms with Crippen LogP contribution >= 0.6 is 0 Å². The first kappa shape index (κ1) is 16.7. The van der Waals surface area contributed by atoms with Crippen LogP contribution in [-0.2, 0) is 4.79 Å². The smallest absolute Gasteiger partial charge is 0.237 e. The van der Waals surface area contributed by atoms with E-state index in [-0.39, 0.29) is 30.0 Å². The third-order valence-electron chi connectivity index (χ3n) is 2.23. The lowest BCUT2D eigenvalue weighted by molar-refractivity contribution is -0.124. The summed E-state index contributed by atoms with van der Waals surface area (Å²) in [6.45, 7) is 8.48. The third-order valence-corrected chi connectivity index (χ3v) is 2.23. The Balaban J connectivity index is 4.22. The zero-order valence-corrected chi connectivity index (χ0v) is 11.9. The van der Waals surface area contributed by atoms with Crippen LogP contribution in [0.1, 0.15) is 40.5 Å². The zero-order chi connectivity index (χ0) is 14.1. The summed E-state index contributed by atoms with van der Waals surface area (Å²) in [7, 11) is 0. The first-order valence-corrected chi connectivity index (χ1v) is 6.44. The van der Waals surface area contributed by atoms with Crippen LogP contribution in [-0.4, -0.2) is 36.5 Å². The van der Waals surface area contributed by atoms with E-state index in [0.717, 1.165) is 6.42 Å². The summed E-state index contributed by atoms with van der Waals surface area (Å²) in [6, 6.07) is 0.212. The second-order valence-electron chi connectivity index (χ2n) is 4.99. The Labute approximate surface area is 110 Å². The van der Waals surface area contributed by atoms with E-state index >= 15 is 0 Å². The van der Waals surface area contributed by atoms with Gasteiger partial charge in [0, 0.05) is 18.6 Å². The number of carbonyl (C=O) groups excluding carboxylic acids is 1. The van der Waals surface area contributed by atoms with Crippen molar-refractivity contribution >= 4 is 11.9 Å². The molecule has 1 amide bonds. The Morgan fingerprint density at radius 2 is 1.78 bits per heavy atom. The van der Waals surface area contributed by atoms with Crippen LogP contribution in [0, 0.1) is 0 Å². The number of hydrogen-bond donors (Lipinski definition) is 4. The lowest BCUT2D eigenvalue weighted by Gasteiger charge is -2.21. The average Bonchev–Trinajstić information content (AvgIpc) is 2.20. The van der Waals surface area contributed by atoms with Gasteiger partial charge in [-0.25, -0.2) is 0 Å². The van der Waals surface area contributed by atoms with E-state index in [0.29, 0.717) is 13.0 Å². The minimum absolute atomic E-state index is 0.0309. The molecule has 6 nitrogen and oxygen atoms in total. The minimum atomic E-state index is -0.193. The van der Waals surface area contributed by atoms with E-state index < -0.39 is 0 Å². The Kier molecular flexibility index (Phi) is 8.11. The first-order valence-electron chi connectivity index (χ1n) is 6.44. The Bertz CT molecular complexity index is 272. The average molecular weight is 257 g/mol. The molecule has 6 heteroatoms. The first-order chi connectivity index (χ1) is 8.32. The Morgan fingerprint density at radius 3 is 2.22 bits per heavy atom. The number of carbonyl (C=O) groups is 1. The molecule has 0 rings (SSSR count). The fourth-order valence-electron chi connectivity index (χ4n) is 1.58. The molecule has 18 heavy (non-hydrogen) atoms. The second kappa shape index (κ2) is 8.74. The monoisotopic (exact) mass is 257 g/mol. The van der Waals surface area contributed by atoms with Crippen LogP contribution in [0.4, 0.5) is 0 Å². The molecule has 0 bridgehead atoms. The maximum absolute atomic E-state index is 12.0. The summed E-state index contributed by atoms with van der Waals surface area (Å²) in [6.07, 6.45) is 1.49. The molecule has 0 saturated carbocycles. The molecule has 6 N–H and O–H groups in total. The standard InChI is InChI=1S/C12H27N5O/c1-8(2)16-10(11(18)17-9(3)4)6-5-7-15-12(13)14/h8-10,16H,5-7H2,1-4H3,(H,17,18)(H4,13,14,15). The van der Waals surface area contributed by atoms with Gasteiger partial charge in [-0.3, -0.25) is 9.79 Å². The number of aliphatic imine (C=N–C) groups is 1. The quantitative estimate of drug-likeness (QED) is 0.277. The molecular formula is C12H27N5O. The van der Waals surface area contributed by atoms with Crippen molar-refractivity contribution in [3.8, 4) is 0 Å². The topological polar surface area (TPSA) is 106 Å². The molecule has 0 aromatic carbocycles. The number of nitrogens with zero attached hydrogens (tertiary/aromatic N) is 1. The number of amides is 1. The number of guanidine groups is 1. The molecule has 106 valence electrons. The van der Waals surface area contributed by atoms with Gasteiger partial charge < -0.3 is 22.1 Å². The van der Waals surface area contributed by atoms with Gasteiger partial charge in [0.2, 0.25) is 5.91 Å². The summed E-state index contributed by atoms with van der Waals surface area (Å²) >= 11 is 0. The van der Waals surface area contributed by atoms with Crippen molar-refractivity contribution in [2.75, 3.05) is 6.54 Å². The van der Waals surface area contributed by atoms with E-state index in [9.17, 15) is 4.79 Å². The number of hydrogen-bond acceptors (Lipinski definition) is 3. The van der Waals surface area contributed by atoms with E-state index in [4.69, 9.17) is 11.5 Å². The fraction of sp³-hybridized carbons (Fsp3) is 0.833. The molecule has 1 atom stereocenters. The van der Waals surface area contributed by atoms with Crippen molar-refractivity contribution in [1.82, 2.24) is 10.6 Å². The zero-order valence-electron chi connectivity index (χ0n) is 11.9. The van der Waals surface area contributed by atoms with Crippen molar-refractivity contribution in [2.45, 2.75) is 58.7 Å². The molecule has 0 heterocycles. The SMILES string of the molecule is CC(C)NC(=O)C(CCCN=C(N)N)NC(C)C. The van der Waals surface area contributed by atoms with Crippen molar-refractivity contribution in [3.05, 3.63) is 0 Å². The van der Waals surface area contributed by atoms with Crippen LogP contribution in [0.25, 0.3) is 0 Å². The van der Waals surface area contributed by atoms with Crippen molar-refractivity contribution in [3.63, 3.8) is 0 Å². The molecule has 0 saturated heterocycles. The number of rotatable bonds is 8. The number of nitrogens with one attached hydrogen (secondary N) is 2. The van der Waals surface area contributed by atoms with Gasteiger partial charge in [0.05, 0.1) is 6.04 Å². The third kappa shape index (κ3) is 8.81. The van der Waals surface area contributed by atoms with Gasteiger partial charge in [-0.15, -0.1) is 0 Å². The van der Waals surface area contributed by atoms with Crippen LogP contribution in [0.3, 0.4) is 0 Å². The fourth-order valence-corrected chi connectivity index (χ4v) is 1.58. The molecule has 0 fully saturated rings. The van der Waals surface area contributed by atoms with Crippen LogP contribution in [0.2, 0.25) is 0 Å². The molecule has 1 unspecified atom stereocenters.